The monoisotopic (exact) mass is 1180 g/mol. The van der Waals surface area contributed by atoms with E-state index < -0.39 is 144 Å². The number of nitrogens with one attached hydrogen (secondary N) is 6. The zero-order valence-electron chi connectivity index (χ0n) is 46.1. The number of pyridine rings is 1. The number of carboxylic acid groups (broad SMARTS) is 1. The molecule has 5 atom stereocenters. The number of aromatic nitrogens is 2. The van der Waals surface area contributed by atoms with Crippen LogP contribution in [-0.4, -0.2) is 158 Å². The summed E-state index contributed by atoms with van der Waals surface area (Å²) in [6, 6.07) is 10.2. The van der Waals surface area contributed by atoms with E-state index in [2.05, 4.69) is 36.9 Å². The van der Waals surface area contributed by atoms with Crippen LogP contribution in [0.2, 0.25) is 0 Å². The van der Waals surface area contributed by atoms with Crippen molar-refractivity contribution in [3.05, 3.63) is 126 Å². The summed E-state index contributed by atoms with van der Waals surface area (Å²) >= 11 is 0. The van der Waals surface area contributed by atoms with E-state index in [0.29, 0.717) is 16.2 Å². The molecule has 10 N–H and O–H groups in total. The van der Waals surface area contributed by atoms with Crippen molar-refractivity contribution in [2.24, 2.45) is 11.1 Å². The molecule has 0 saturated carbocycles. The number of benzene rings is 2. The summed E-state index contributed by atoms with van der Waals surface area (Å²) in [6.07, 6.45) is 0.272. The molecule has 4 aromatic rings. The van der Waals surface area contributed by atoms with Crippen LogP contribution in [-0.2, 0) is 65.7 Å². The van der Waals surface area contributed by atoms with Crippen molar-refractivity contribution < 1.29 is 84.9 Å². The first-order valence-electron chi connectivity index (χ1n) is 25.8. The van der Waals surface area contributed by atoms with Gasteiger partial charge in [0.05, 0.1) is 18.9 Å². The SMILES string of the molecule is C[C@H](NC(=O)Cc1ccncc1)C(=O)N[C@H](C)C(=O)N[C@@H](CC(N)=O)C(=O)N[C@@H](CCN(C(=O)CO)[C@@H](c1cc(-c2cc(F)ccc2F)cn1Cc1ccccc1)C(C)(C)C)C(=O)NCCNC(=O)CN1C(=O)C=CC1=O.O=C(O)C(F)(F)F. The molecule has 3 heterocycles. The minimum absolute atomic E-state index is 0.0595. The standard InChI is InChI=1S/C53H63F2N11O11.C2HF3O2/c1-31(60-43(69)23-33-15-18-57-19-16-33)49(74)61-32(2)50(75)63-40(26-42(56)68)52(77)62-39(51(76)59-21-20-58-44(70)29-66-45(71)13-14-46(66)72)17-22-65(47(73)30-67)48(53(3,4)5)41-24-35(37-25-36(54)11-12-38(37)55)28-64(41)27-34-9-7-6-8-10-34;3-2(4,5)1(6)7/h6-16,18-19,24-25,28,31-32,39-40,48,67H,17,20-23,26-27,29-30H2,1-5H3,(H2,56,68)(H,58,70)(H,59,76)(H,60,69)(H,61,74)(H,62,77)(H,63,75);(H,6,7)/t31-,32+,39-,40-,48-;/m0./s1. The molecule has 2 aromatic heterocycles. The first-order valence-corrected chi connectivity index (χ1v) is 25.8. The van der Waals surface area contributed by atoms with Crippen LogP contribution >= 0.6 is 0 Å². The van der Waals surface area contributed by atoms with E-state index in [4.69, 9.17) is 15.6 Å². The predicted molar refractivity (Wildman–Crippen MR) is 287 cm³/mol. The lowest BCUT2D eigenvalue weighted by Crippen LogP contribution is -2.58. The molecular formula is C55H64F5N11O13. The van der Waals surface area contributed by atoms with Gasteiger partial charge in [-0.2, -0.15) is 13.2 Å². The molecule has 84 heavy (non-hydrogen) atoms. The van der Waals surface area contributed by atoms with Gasteiger partial charge in [0.25, 0.3) is 11.8 Å². The molecule has 10 amide bonds. The summed E-state index contributed by atoms with van der Waals surface area (Å²) in [7, 11) is 0. The van der Waals surface area contributed by atoms with E-state index in [1.54, 1.807) is 49.7 Å². The van der Waals surface area contributed by atoms with E-state index in [0.717, 1.165) is 35.9 Å². The summed E-state index contributed by atoms with van der Waals surface area (Å²) in [5.41, 5.74) is 6.66. The van der Waals surface area contributed by atoms with Gasteiger partial charge in [0, 0.05) is 73.7 Å². The largest absolute Gasteiger partial charge is 0.490 e. The van der Waals surface area contributed by atoms with Crippen molar-refractivity contribution in [2.75, 3.05) is 32.8 Å². The Bertz CT molecular complexity index is 3060. The third-order valence-electron chi connectivity index (χ3n) is 12.4. The fraction of sp³-hybridized carbons (Fsp3) is 0.382. The Morgan fingerprint density at radius 1 is 0.726 bits per heavy atom. The number of aliphatic carboxylic acids is 1. The molecule has 0 saturated heterocycles. The number of hydrogen-bond donors (Lipinski definition) is 9. The smallest absolute Gasteiger partial charge is 0.475 e. The number of hydrogen-bond acceptors (Lipinski definition) is 13. The lowest BCUT2D eigenvalue weighted by atomic mass is 9.82. The van der Waals surface area contributed by atoms with Crippen molar-refractivity contribution in [2.45, 2.75) is 96.8 Å². The Labute approximate surface area is 477 Å². The first-order chi connectivity index (χ1) is 39.4. The van der Waals surface area contributed by atoms with Gasteiger partial charge in [0.15, 0.2) is 0 Å². The topological polar surface area (TPSA) is 351 Å². The summed E-state index contributed by atoms with van der Waals surface area (Å²) in [5.74, 6) is -12.4. The molecule has 29 heteroatoms. The minimum atomic E-state index is -5.08. The number of imide groups is 1. The molecule has 452 valence electrons. The highest BCUT2D eigenvalue weighted by Crippen LogP contribution is 2.41. The third kappa shape index (κ3) is 20.5. The van der Waals surface area contributed by atoms with Crippen LogP contribution in [0.15, 0.2) is 97.5 Å². The van der Waals surface area contributed by atoms with E-state index >= 15 is 4.39 Å². The lowest BCUT2D eigenvalue weighted by molar-refractivity contribution is -0.192. The van der Waals surface area contributed by atoms with Gasteiger partial charge < -0.3 is 57.3 Å². The third-order valence-corrected chi connectivity index (χ3v) is 12.4. The minimum Gasteiger partial charge on any atom is -0.475 e. The Hall–Kier alpha value is -9.41. The number of carbonyl (C=O) groups excluding carboxylic acids is 10. The van der Waals surface area contributed by atoms with E-state index in [-0.39, 0.29) is 43.7 Å². The molecule has 0 fully saturated rings. The maximum Gasteiger partial charge on any atom is 0.490 e. The second-order valence-corrected chi connectivity index (χ2v) is 20.1. The Morgan fingerprint density at radius 3 is 1.89 bits per heavy atom. The van der Waals surface area contributed by atoms with Gasteiger partial charge in [-0.15, -0.1) is 0 Å². The van der Waals surface area contributed by atoms with Gasteiger partial charge in [-0.25, -0.2) is 13.6 Å². The lowest BCUT2D eigenvalue weighted by Gasteiger charge is -2.41. The van der Waals surface area contributed by atoms with Gasteiger partial charge in [-0.3, -0.25) is 57.8 Å². The summed E-state index contributed by atoms with van der Waals surface area (Å²) in [5, 5.41) is 32.5. The number of nitrogens with two attached hydrogens (primary N) is 1. The van der Waals surface area contributed by atoms with E-state index in [1.165, 1.54) is 31.1 Å². The van der Waals surface area contributed by atoms with Crippen LogP contribution in [0.5, 0.6) is 0 Å². The Morgan fingerprint density at radius 2 is 1.31 bits per heavy atom. The van der Waals surface area contributed by atoms with E-state index in [9.17, 15) is 70.6 Å². The van der Waals surface area contributed by atoms with Crippen LogP contribution in [0, 0.1) is 17.0 Å². The highest BCUT2D eigenvalue weighted by Gasteiger charge is 2.40. The number of nitrogens with zero attached hydrogens (tertiary/aromatic N) is 4. The Balaban J connectivity index is 0.00000203. The maximum absolute atomic E-state index is 15.4. The molecule has 1 aliphatic heterocycles. The summed E-state index contributed by atoms with van der Waals surface area (Å²) < 4.78 is 63.5. The molecular weight excluding hydrogens is 1120 g/mol. The number of alkyl halides is 3. The Kier molecular flexibility index (Phi) is 24.4. The number of rotatable bonds is 26. The number of carboxylic acids is 1. The molecule has 0 bridgehead atoms. The summed E-state index contributed by atoms with van der Waals surface area (Å²) in [6.45, 7) is 5.71. The second-order valence-electron chi connectivity index (χ2n) is 20.1. The molecule has 0 aliphatic carbocycles. The first kappa shape index (κ1) is 67.1. The zero-order valence-corrected chi connectivity index (χ0v) is 46.1. The normalized spacial score (nSPS) is 13.9. The van der Waals surface area contributed by atoms with Crippen LogP contribution in [0.1, 0.15) is 70.3 Å². The van der Waals surface area contributed by atoms with Crippen molar-refractivity contribution in [1.82, 2.24) is 51.3 Å². The molecule has 0 unspecified atom stereocenters. The van der Waals surface area contributed by atoms with Gasteiger partial charge >= 0.3 is 12.1 Å². The highest BCUT2D eigenvalue weighted by atomic mass is 19.4. The molecule has 0 spiro atoms. The van der Waals surface area contributed by atoms with Gasteiger partial charge in [0.1, 0.15) is 49.0 Å². The highest BCUT2D eigenvalue weighted by molar-refractivity contribution is 6.14. The molecule has 0 radical (unpaired) electrons. The fourth-order valence-corrected chi connectivity index (χ4v) is 8.36. The van der Waals surface area contributed by atoms with Crippen molar-refractivity contribution >= 4 is 65.0 Å². The molecule has 1 aliphatic rings. The van der Waals surface area contributed by atoms with Crippen molar-refractivity contribution in [3.8, 4) is 11.1 Å². The second kappa shape index (κ2) is 30.6. The number of carbonyl (C=O) groups is 11. The molecule has 2 aromatic carbocycles. The average Bonchev–Trinajstić information content (AvgIpc) is 4.21. The van der Waals surface area contributed by atoms with Gasteiger partial charge in [0.2, 0.25) is 47.3 Å². The molecule has 5 rings (SSSR count). The number of primary amides is 1. The maximum atomic E-state index is 15.4. The number of aliphatic hydroxyl groups is 1. The number of amides is 10. The van der Waals surface area contributed by atoms with Crippen molar-refractivity contribution in [3.63, 3.8) is 0 Å². The zero-order chi connectivity index (χ0) is 62.6. The molecule has 24 nitrogen and oxygen atoms in total. The fourth-order valence-electron chi connectivity index (χ4n) is 8.36. The van der Waals surface area contributed by atoms with Crippen molar-refractivity contribution in [1.29, 1.82) is 0 Å². The van der Waals surface area contributed by atoms with Crippen LogP contribution in [0.25, 0.3) is 11.1 Å². The quantitative estimate of drug-likeness (QED) is 0.0241. The van der Waals surface area contributed by atoms with Gasteiger partial charge in [-0.05, 0) is 73.2 Å². The van der Waals surface area contributed by atoms with Crippen LogP contribution in [0.4, 0.5) is 22.0 Å². The average molecular weight is 1180 g/mol. The van der Waals surface area contributed by atoms with Crippen LogP contribution < -0.4 is 37.6 Å². The number of aliphatic hydroxyl groups excluding tert-OH is 1. The van der Waals surface area contributed by atoms with E-state index in [1.807, 2.05) is 30.3 Å². The van der Waals surface area contributed by atoms with Gasteiger partial charge in [-0.1, -0.05) is 51.1 Å². The number of halogens is 5. The predicted octanol–water partition coefficient (Wildman–Crippen LogP) is 1.06. The summed E-state index contributed by atoms with van der Waals surface area (Å²) in [4.78, 5) is 145. The van der Waals surface area contributed by atoms with Crippen LogP contribution in [0.3, 0.4) is 0 Å².